The molecule has 3 saturated carbocycles. The van der Waals surface area contributed by atoms with Crippen LogP contribution in [0.5, 0.6) is 0 Å². The van der Waals surface area contributed by atoms with Crippen molar-refractivity contribution in [3.63, 3.8) is 0 Å². The minimum atomic E-state index is -0.132. The zero-order chi connectivity index (χ0) is 12.3. The number of fused-ring (bicyclic) bond motifs is 2. The van der Waals surface area contributed by atoms with Crippen LogP contribution in [-0.2, 0) is 4.74 Å². The Kier molecular flexibility index (Phi) is 1.23. The van der Waals surface area contributed by atoms with E-state index in [4.69, 9.17) is 4.74 Å². The van der Waals surface area contributed by atoms with Crippen LogP contribution in [0.15, 0.2) is 0 Å². The zero-order valence-electron chi connectivity index (χ0n) is 10.5. The van der Waals surface area contributed by atoms with Crippen LogP contribution in [0.3, 0.4) is 0 Å². The molecule has 5 aliphatic rings. The number of carbonyl (C=O) groups excluding carboxylic acids is 1. The topological polar surface area (TPSA) is 53.3 Å². The van der Waals surface area contributed by atoms with Crippen LogP contribution in [-0.4, -0.2) is 29.7 Å². The van der Waals surface area contributed by atoms with Gasteiger partial charge in [0.15, 0.2) is 0 Å². The van der Waals surface area contributed by atoms with Crippen molar-refractivity contribution in [2.45, 2.75) is 44.7 Å². The van der Waals surface area contributed by atoms with Crippen molar-refractivity contribution in [3.05, 3.63) is 0 Å². The van der Waals surface area contributed by atoms with E-state index >= 15 is 0 Å². The van der Waals surface area contributed by atoms with Gasteiger partial charge in [0, 0.05) is 22.9 Å². The highest BCUT2D eigenvalue weighted by Crippen LogP contribution is 3.18. The first kappa shape index (κ1) is 9.66. The molecule has 2 saturated heterocycles. The van der Waals surface area contributed by atoms with E-state index in [9.17, 15) is 10.1 Å². The summed E-state index contributed by atoms with van der Waals surface area (Å²) >= 11 is 0. The molecular formula is C14H16N2O2. The van der Waals surface area contributed by atoms with E-state index in [1.807, 2.05) is 11.8 Å². The number of hydrogen-bond acceptors (Lipinski definition) is 3. The van der Waals surface area contributed by atoms with E-state index in [2.05, 4.69) is 6.07 Å². The molecule has 4 nitrogen and oxygen atoms in total. The first-order valence-electron chi connectivity index (χ1n) is 7.03. The van der Waals surface area contributed by atoms with Gasteiger partial charge in [-0.25, -0.2) is 4.79 Å². The Labute approximate surface area is 106 Å². The molecule has 18 heavy (non-hydrogen) atoms. The van der Waals surface area contributed by atoms with Gasteiger partial charge in [0.05, 0.1) is 18.6 Å². The van der Waals surface area contributed by atoms with Crippen LogP contribution in [0.2, 0.25) is 0 Å². The highest BCUT2D eigenvalue weighted by molar-refractivity contribution is 5.76. The first-order chi connectivity index (χ1) is 8.68. The van der Waals surface area contributed by atoms with Gasteiger partial charge >= 0.3 is 6.09 Å². The molecule has 4 unspecified atom stereocenters. The van der Waals surface area contributed by atoms with Crippen LogP contribution in [0.1, 0.15) is 32.6 Å². The summed E-state index contributed by atoms with van der Waals surface area (Å²) in [6, 6.07) is 3.05. The lowest BCUT2D eigenvalue weighted by Gasteiger charge is -2.38. The van der Waals surface area contributed by atoms with Gasteiger partial charge in [-0.1, -0.05) is 0 Å². The van der Waals surface area contributed by atoms with E-state index in [-0.39, 0.29) is 12.0 Å². The Hall–Kier alpha value is -1.24. The zero-order valence-corrected chi connectivity index (χ0v) is 10.5. The predicted molar refractivity (Wildman–Crippen MR) is 61.3 cm³/mol. The second kappa shape index (κ2) is 2.29. The molecule has 0 aromatic rings. The monoisotopic (exact) mass is 244 g/mol. The largest absolute Gasteiger partial charge is 0.450 e. The summed E-state index contributed by atoms with van der Waals surface area (Å²) in [4.78, 5) is 14.2. The fourth-order valence-corrected chi connectivity index (χ4v) is 6.24. The quantitative estimate of drug-likeness (QED) is 0.708. The van der Waals surface area contributed by atoms with Crippen LogP contribution < -0.4 is 0 Å². The van der Waals surface area contributed by atoms with E-state index in [1.165, 1.54) is 12.8 Å². The van der Waals surface area contributed by atoms with E-state index in [0.717, 1.165) is 12.8 Å². The van der Waals surface area contributed by atoms with Gasteiger partial charge < -0.3 is 9.64 Å². The number of hydrogen-bond donors (Lipinski definition) is 0. The molecule has 4 atom stereocenters. The molecule has 2 bridgehead atoms. The summed E-state index contributed by atoms with van der Waals surface area (Å²) in [6.45, 7) is 2.30. The van der Waals surface area contributed by atoms with Crippen LogP contribution in [0.25, 0.3) is 0 Å². The van der Waals surface area contributed by atoms with Crippen molar-refractivity contribution in [2.75, 3.05) is 6.61 Å². The van der Waals surface area contributed by atoms with E-state index in [0.29, 0.717) is 34.9 Å². The molecule has 2 heterocycles. The molecule has 3 aliphatic carbocycles. The summed E-state index contributed by atoms with van der Waals surface area (Å²) in [5, 5.41) is 9.19. The number of piperidine rings is 2. The van der Waals surface area contributed by atoms with Gasteiger partial charge in [0.2, 0.25) is 0 Å². The molecule has 0 aromatic heterocycles. The van der Waals surface area contributed by atoms with Crippen molar-refractivity contribution < 1.29 is 9.53 Å². The Bertz CT molecular complexity index is 506. The number of nitriles is 1. The van der Waals surface area contributed by atoms with Gasteiger partial charge in [-0.3, -0.25) is 0 Å². The van der Waals surface area contributed by atoms with Crippen LogP contribution in [0, 0.1) is 33.5 Å². The summed E-state index contributed by atoms with van der Waals surface area (Å²) in [5.74, 6) is 0.154. The first-order valence-corrected chi connectivity index (χ1v) is 7.03. The maximum atomic E-state index is 12.2. The van der Waals surface area contributed by atoms with Crippen molar-refractivity contribution in [1.29, 1.82) is 5.26 Å². The molecule has 3 spiro atoms. The smallest absolute Gasteiger partial charge is 0.410 e. The molecule has 5 fully saturated rings. The number of ether oxygens (including phenoxy) is 1. The van der Waals surface area contributed by atoms with Gasteiger partial charge in [-0.05, 0) is 38.0 Å². The van der Waals surface area contributed by atoms with Gasteiger partial charge in [-0.2, -0.15) is 5.26 Å². The van der Waals surface area contributed by atoms with Gasteiger partial charge in [-0.15, -0.1) is 0 Å². The molecule has 0 radical (unpaired) electrons. The Morgan fingerprint density at radius 1 is 1.39 bits per heavy atom. The normalized spacial score (nSPS) is 60.0. The van der Waals surface area contributed by atoms with Crippen molar-refractivity contribution in [2.24, 2.45) is 22.2 Å². The fourth-order valence-electron chi connectivity index (χ4n) is 6.24. The number of amides is 1. The standard InChI is InChI=1S/C14H16N2O2/c1-2-18-11(17)16-9-3-8(5-15)4-10(16)14-7-12(14)6-13(9,12)14/h8-10H,2-4,6-7H2,1H3. The Balaban J connectivity index is 1.53. The maximum absolute atomic E-state index is 12.2. The van der Waals surface area contributed by atoms with Gasteiger partial charge in [0.25, 0.3) is 0 Å². The highest BCUT2D eigenvalue weighted by atomic mass is 16.6. The van der Waals surface area contributed by atoms with Crippen LogP contribution >= 0.6 is 0 Å². The molecule has 94 valence electrons. The summed E-state index contributed by atoms with van der Waals surface area (Å²) in [7, 11) is 0. The molecule has 2 aliphatic heterocycles. The minimum Gasteiger partial charge on any atom is -0.450 e. The summed E-state index contributed by atoms with van der Waals surface area (Å²) < 4.78 is 5.23. The van der Waals surface area contributed by atoms with E-state index < -0.39 is 0 Å². The van der Waals surface area contributed by atoms with Gasteiger partial charge in [0.1, 0.15) is 0 Å². The number of rotatable bonds is 1. The molecule has 0 N–H and O–H groups in total. The lowest BCUT2D eigenvalue weighted by molar-refractivity contribution is 0.0521. The molecule has 0 aromatic carbocycles. The minimum absolute atomic E-state index is 0.132. The lowest BCUT2D eigenvalue weighted by atomic mass is 9.89. The summed E-state index contributed by atoms with van der Waals surface area (Å²) in [5.41, 5.74) is 1.53. The second-order valence-electron chi connectivity index (χ2n) is 6.81. The van der Waals surface area contributed by atoms with Crippen LogP contribution in [0.4, 0.5) is 4.79 Å². The Morgan fingerprint density at radius 2 is 2.00 bits per heavy atom. The summed E-state index contributed by atoms with van der Waals surface area (Å²) in [6.07, 6.45) is 4.27. The van der Waals surface area contributed by atoms with Crippen molar-refractivity contribution in [3.8, 4) is 6.07 Å². The Morgan fingerprint density at radius 3 is 2.44 bits per heavy atom. The third kappa shape index (κ3) is 0.591. The average molecular weight is 244 g/mol. The number of nitrogens with zero attached hydrogens (tertiary/aromatic N) is 2. The molecular weight excluding hydrogens is 228 g/mol. The third-order valence-electron chi connectivity index (χ3n) is 6.84. The predicted octanol–water partition coefficient (Wildman–Crippen LogP) is 1.91. The van der Waals surface area contributed by atoms with E-state index in [1.54, 1.807) is 0 Å². The molecule has 5 rings (SSSR count). The maximum Gasteiger partial charge on any atom is 0.410 e. The third-order valence-corrected chi connectivity index (χ3v) is 6.84. The van der Waals surface area contributed by atoms with Crippen molar-refractivity contribution >= 4 is 6.09 Å². The molecule has 1 amide bonds. The average Bonchev–Trinajstić information content (AvgIpc) is 3.25. The number of carbonyl (C=O) groups is 1. The lowest BCUT2D eigenvalue weighted by Crippen LogP contribution is -2.49. The SMILES string of the molecule is CCOC(=O)N1C2CC(C#N)CC1C13CC14CC243. The highest BCUT2D eigenvalue weighted by Gasteiger charge is 3.17. The fraction of sp³-hybridized carbons (Fsp3) is 0.857. The molecule has 4 heteroatoms. The van der Waals surface area contributed by atoms with Crippen molar-refractivity contribution in [1.82, 2.24) is 4.90 Å². The second-order valence-corrected chi connectivity index (χ2v) is 6.81.